The van der Waals surface area contributed by atoms with Gasteiger partial charge in [-0.25, -0.2) is 0 Å². The van der Waals surface area contributed by atoms with Crippen LogP contribution < -0.4 is 20.6 Å². The highest BCUT2D eigenvalue weighted by Gasteiger charge is 2.36. The lowest BCUT2D eigenvalue weighted by Gasteiger charge is -2.26. The number of rotatable bonds is 9. The lowest BCUT2D eigenvalue weighted by molar-refractivity contribution is -0.242. The Morgan fingerprint density at radius 3 is 2.18 bits per heavy atom. The summed E-state index contributed by atoms with van der Waals surface area (Å²) >= 11 is 0. The molecule has 206 valence electrons. The first-order chi connectivity index (χ1) is 18.3. The van der Waals surface area contributed by atoms with Crippen LogP contribution in [0.4, 0.5) is 35.0 Å². The van der Waals surface area contributed by atoms with E-state index in [-0.39, 0.29) is 23.5 Å². The van der Waals surface area contributed by atoms with Crippen molar-refractivity contribution in [3.8, 4) is 11.1 Å². The van der Waals surface area contributed by atoms with E-state index in [2.05, 4.69) is 10.3 Å². The molecule has 0 aliphatic carbocycles. The Balaban J connectivity index is 1.89. The number of alkyl halides is 3. The van der Waals surface area contributed by atoms with E-state index in [1.54, 1.807) is 25.1 Å². The van der Waals surface area contributed by atoms with Crippen molar-refractivity contribution in [3.63, 3.8) is 0 Å². The second-order valence-electron chi connectivity index (χ2n) is 9.11. The van der Waals surface area contributed by atoms with Gasteiger partial charge in [-0.2, -0.15) is 13.2 Å². The molecule has 3 aromatic rings. The van der Waals surface area contributed by atoms with E-state index in [4.69, 9.17) is 0 Å². The zero-order chi connectivity index (χ0) is 28.9. The first-order valence-corrected chi connectivity index (χ1v) is 12.1. The van der Waals surface area contributed by atoms with Gasteiger partial charge in [0.2, 0.25) is 5.91 Å². The summed E-state index contributed by atoms with van der Waals surface area (Å²) in [4.78, 5) is 42.5. The minimum absolute atomic E-state index is 0.232. The fraction of sp³-hybridized carbons (Fsp3) is 0.286. The molecule has 0 spiro atoms. The Morgan fingerprint density at radius 1 is 0.949 bits per heavy atom. The van der Waals surface area contributed by atoms with Gasteiger partial charge >= 0.3 is 6.18 Å². The number of benzene rings is 2. The molecule has 0 fully saturated rings. The summed E-state index contributed by atoms with van der Waals surface area (Å²) in [5.74, 6) is -1.48. The molecule has 0 bridgehead atoms. The molecule has 3 rings (SSSR count). The molecule has 2 N–H and O–H groups in total. The number of amides is 2. The Labute approximate surface area is 223 Å². The Morgan fingerprint density at radius 2 is 1.59 bits per heavy atom. The molecule has 0 aliphatic heterocycles. The molecular formula is C28H28F3N4O4-. The third kappa shape index (κ3) is 7.56. The van der Waals surface area contributed by atoms with Gasteiger partial charge in [0.25, 0.3) is 0 Å². The van der Waals surface area contributed by atoms with Crippen LogP contribution in [0.5, 0.6) is 0 Å². The van der Waals surface area contributed by atoms with Gasteiger partial charge in [0.15, 0.2) is 5.78 Å². The minimum Gasteiger partial charge on any atom is -0.530 e. The second kappa shape index (κ2) is 12.0. The van der Waals surface area contributed by atoms with Crippen LogP contribution in [0, 0.1) is 13.8 Å². The summed E-state index contributed by atoms with van der Waals surface area (Å²) in [5.41, 5.74) is 1.29. The lowest BCUT2D eigenvalue weighted by atomic mass is 9.99. The molecule has 0 saturated heterocycles. The van der Waals surface area contributed by atoms with Crippen LogP contribution >= 0.6 is 0 Å². The molecule has 8 nitrogen and oxygen atoms in total. The molecule has 1 heterocycles. The average Bonchev–Trinajstić information content (AvgIpc) is 2.83. The average molecular weight is 542 g/mol. The molecule has 0 unspecified atom stereocenters. The molecule has 0 saturated carbocycles. The molecule has 11 heteroatoms. The summed E-state index contributed by atoms with van der Waals surface area (Å²) < 4.78 is 41.6. The molecule has 0 atom stereocenters. The number of carboxylic acid groups (broad SMARTS) is 1. The lowest BCUT2D eigenvalue weighted by Crippen LogP contribution is -2.30. The first-order valence-electron chi connectivity index (χ1n) is 12.1. The van der Waals surface area contributed by atoms with Crippen LogP contribution in [0.25, 0.3) is 11.1 Å². The predicted molar refractivity (Wildman–Crippen MR) is 141 cm³/mol. The molecule has 2 amide bonds. The first kappa shape index (κ1) is 29.2. The van der Waals surface area contributed by atoms with Crippen molar-refractivity contribution in [2.45, 2.75) is 39.8 Å². The van der Waals surface area contributed by atoms with Gasteiger partial charge in [0, 0.05) is 30.5 Å². The van der Waals surface area contributed by atoms with Gasteiger partial charge in [-0.15, -0.1) is 0 Å². The van der Waals surface area contributed by atoms with Crippen molar-refractivity contribution < 1.29 is 32.7 Å². The summed E-state index contributed by atoms with van der Waals surface area (Å²) in [6.07, 6.45) is -6.71. The maximum Gasteiger partial charge on any atom is 0.418 e. The number of hydrogen-bond acceptors (Lipinski definition) is 6. The minimum atomic E-state index is -4.79. The maximum absolute atomic E-state index is 13.9. The standard InChI is InChI=1S/C28H29F3N4O4/c1-5-9-35(4)24-14-23(34-27(38)39)22(13-21(24)28(29,30)31)33-26(37)15-25(36)19-8-6-7-18(12-19)20-10-16(2)32-17(3)11-20/h6-8,10-14,34H,5,9,15H2,1-4H3,(H,33,37)(H,38,39)/p-1. The molecule has 0 aliphatic rings. The number of carbonyl (C=O) groups is 3. The van der Waals surface area contributed by atoms with Crippen LogP contribution in [0.3, 0.4) is 0 Å². The number of nitrogens with zero attached hydrogens (tertiary/aromatic N) is 2. The smallest absolute Gasteiger partial charge is 0.418 e. The second-order valence-corrected chi connectivity index (χ2v) is 9.11. The zero-order valence-corrected chi connectivity index (χ0v) is 21.9. The van der Waals surface area contributed by atoms with E-state index in [0.717, 1.165) is 28.6 Å². The zero-order valence-electron chi connectivity index (χ0n) is 21.9. The molecule has 2 aromatic carbocycles. The third-order valence-corrected chi connectivity index (χ3v) is 5.84. The number of pyridine rings is 1. The van der Waals surface area contributed by atoms with Gasteiger partial charge in [0.1, 0.15) is 6.09 Å². The fourth-order valence-electron chi connectivity index (χ4n) is 4.22. The SMILES string of the molecule is CCCN(C)c1cc(NC(=O)[O-])c(NC(=O)CC(=O)c2cccc(-c3cc(C)nc(C)c3)c2)cc1C(F)(F)F. The van der Waals surface area contributed by atoms with Gasteiger partial charge < -0.3 is 25.4 Å². The van der Waals surface area contributed by atoms with Gasteiger partial charge in [-0.05, 0) is 61.7 Å². The quantitative estimate of drug-likeness (QED) is 0.284. The summed E-state index contributed by atoms with van der Waals surface area (Å²) in [6.45, 7) is 5.74. The van der Waals surface area contributed by atoms with Crippen molar-refractivity contribution in [2.24, 2.45) is 0 Å². The maximum atomic E-state index is 13.9. The summed E-state index contributed by atoms with van der Waals surface area (Å²) in [6, 6.07) is 11.9. The molecular weight excluding hydrogens is 513 g/mol. The van der Waals surface area contributed by atoms with E-state index in [1.165, 1.54) is 18.0 Å². The topological polar surface area (TPSA) is 114 Å². The van der Waals surface area contributed by atoms with Crippen molar-refractivity contribution in [1.29, 1.82) is 0 Å². The number of carbonyl (C=O) groups excluding carboxylic acids is 3. The number of halogens is 3. The van der Waals surface area contributed by atoms with E-state index in [1.807, 2.05) is 31.3 Å². The van der Waals surface area contributed by atoms with Crippen molar-refractivity contribution in [3.05, 3.63) is 71.0 Å². The van der Waals surface area contributed by atoms with Crippen LogP contribution in [-0.4, -0.2) is 36.4 Å². The summed E-state index contributed by atoms with van der Waals surface area (Å²) in [7, 11) is 1.44. The van der Waals surface area contributed by atoms with E-state index >= 15 is 0 Å². The van der Waals surface area contributed by atoms with Gasteiger partial charge in [-0.1, -0.05) is 25.1 Å². The van der Waals surface area contributed by atoms with Crippen LogP contribution in [0.15, 0.2) is 48.5 Å². The predicted octanol–water partition coefficient (Wildman–Crippen LogP) is 5.20. The van der Waals surface area contributed by atoms with Gasteiger partial charge in [0.05, 0.1) is 29.0 Å². The molecule has 1 aromatic heterocycles. The van der Waals surface area contributed by atoms with Gasteiger partial charge in [-0.3, -0.25) is 14.6 Å². The Bertz CT molecular complexity index is 1390. The number of Topliss-reactive ketones (excluding diaryl/α,β-unsaturated/α-hetero) is 1. The highest BCUT2D eigenvalue weighted by Crippen LogP contribution is 2.41. The van der Waals surface area contributed by atoms with Crippen molar-refractivity contribution >= 4 is 34.8 Å². The highest BCUT2D eigenvalue weighted by molar-refractivity contribution is 6.12. The fourth-order valence-corrected chi connectivity index (χ4v) is 4.22. The van der Waals surface area contributed by atoms with Crippen LogP contribution in [-0.2, 0) is 11.0 Å². The molecule has 39 heavy (non-hydrogen) atoms. The number of nitrogens with one attached hydrogen (secondary N) is 2. The van der Waals surface area contributed by atoms with Crippen molar-refractivity contribution in [2.75, 3.05) is 29.1 Å². The number of ketones is 1. The van der Waals surface area contributed by atoms with Crippen LogP contribution in [0.1, 0.15) is 47.1 Å². The number of hydrogen-bond donors (Lipinski definition) is 2. The Kier molecular flexibility index (Phi) is 8.95. The molecule has 0 radical (unpaired) electrons. The van der Waals surface area contributed by atoms with E-state index in [9.17, 15) is 32.7 Å². The normalized spacial score (nSPS) is 11.2. The van der Waals surface area contributed by atoms with E-state index in [0.29, 0.717) is 12.5 Å². The Hall–Kier alpha value is -4.41. The summed E-state index contributed by atoms with van der Waals surface area (Å²) in [5, 5.41) is 15.4. The number of aryl methyl sites for hydroxylation is 2. The monoisotopic (exact) mass is 541 g/mol. The third-order valence-electron chi connectivity index (χ3n) is 5.84. The van der Waals surface area contributed by atoms with Crippen LogP contribution in [0.2, 0.25) is 0 Å². The number of anilines is 3. The number of aromatic nitrogens is 1. The largest absolute Gasteiger partial charge is 0.530 e. The van der Waals surface area contributed by atoms with Crippen molar-refractivity contribution in [1.82, 2.24) is 4.98 Å². The highest BCUT2D eigenvalue weighted by atomic mass is 19.4. The van der Waals surface area contributed by atoms with E-state index < -0.39 is 41.6 Å².